The molecule has 1 unspecified atom stereocenters. The van der Waals surface area contributed by atoms with Crippen molar-refractivity contribution in [1.82, 2.24) is 0 Å². The van der Waals surface area contributed by atoms with Gasteiger partial charge in [0.15, 0.2) is 0 Å². The third-order valence-electron chi connectivity index (χ3n) is 5.38. The zero-order chi connectivity index (χ0) is 13.5. The summed E-state index contributed by atoms with van der Waals surface area (Å²) in [7, 11) is 7.03. The standard InChI is InChI=1S/C18H28N/c1-19(2,3)16-11-12-18-15(13-16)9-6-10-17(18)14-7-4-5-8-14/h6,9-10,14,16H,4-5,7-8,11-13H2,1-3H3/q+1. The second-order valence-electron chi connectivity index (χ2n) is 7.48. The van der Waals surface area contributed by atoms with Gasteiger partial charge in [-0.1, -0.05) is 31.0 Å². The lowest BCUT2D eigenvalue weighted by Crippen LogP contribution is -2.48. The van der Waals surface area contributed by atoms with Crippen molar-refractivity contribution in [1.29, 1.82) is 0 Å². The SMILES string of the molecule is C[N+](C)(C)C1CCc2c(cccc2C2CCCC2)C1. The molecule has 1 atom stereocenters. The summed E-state index contributed by atoms with van der Waals surface area (Å²) in [5.74, 6) is 0.871. The van der Waals surface area contributed by atoms with Gasteiger partial charge < -0.3 is 4.48 Å². The Balaban J connectivity index is 1.88. The summed E-state index contributed by atoms with van der Waals surface area (Å²) in [6.07, 6.45) is 9.68. The third kappa shape index (κ3) is 2.58. The Bertz CT molecular complexity index is 449. The molecule has 104 valence electrons. The maximum absolute atomic E-state index is 2.42. The van der Waals surface area contributed by atoms with E-state index in [0.717, 1.165) is 16.4 Å². The van der Waals surface area contributed by atoms with Gasteiger partial charge in [-0.3, -0.25) is 0 Å². The van der Waals surface area contributed by atoms with Crippen LogP contribution in [-0.2, 0) is 12.8 Å². The van der Waals surface area contributed by atoms with Crippen molar-refractivity contribution in [2.75, 3.05) is 21.1 Å². The summed E-state index contributed by atoms with van der Waals surface area (Å²) < 4.78 is 1.10. The number of fused-ring (bicyclic) bond motifs is 1. The van der Waals surface area contributed by atoms with Gasteiger partial charge in [0.1, 0.15) is 0 Å². The molecule has 0 saturated heterocycles. The van der Waals surface area contributed by atoms with Crippen LogP contribution in [-0.4, -0.2) is 31.7 Å². The van der Waals surface area contributed by atoms with Gasteiger partial charge in [0.05, 0.1) is 27.2 Å². The van der Waals surface area contributed by atoms with Crippen LogP contribution in [0.25, 0.3) is 0 Å². The quantitative estimate of drug-likeness (QED) is 0.706. The van der Waals surface area contributed by atoms with Crippen LogP contribution in [0, 0.1) is 0 Å². The highest BCUT2D eigenvalue weighted by molar-refractivity contribution is 5.40. The normalized spacial score (nSPS) is 24.5. The van der Waals surface area contributed by atoms with Crippen LogP contribution in [0.15, 0.2) is 18.2 Å². The first kappa shape index (κ1) is 13.2. The molecule has 1 aromatic rings. The van der Waals surface area contributed by atoms with Crippen LogP contribution in [0.5, 0.6) is 0 Å². The number of nitrogens with zero attached hydrogens (tertiary/aromatic N) is 1. The fraction of sp³-hybridized carbons (Fsp3) is 0.667. The monoisotopic (exact) mass is 258 g/mol. The lowest BCUT2D eigenvalue weighted by Gasteiger charge is -2.38. The Hall–Kier alpha value is -0.820. The van der Waals surface area contributed by atoms with E-state index < -0.39 is 0 Å². The van der Waals surface area contributed by atoms with Crippen molar-refractivity contribution < 1.29 is 4.48 Å². The van der Waals surface area contributed by atoms with Crippen molar-refractivity contribution in [2.45, 2.75) is 56.9 Å². The molecule has 1 aromatic carbocycles. The molecule has 1 heteroatoms. The number of hydrogen-bond acceptors (Lipinski definition) is 0. The van der Waals surface area contributed by atoms with E-state index in [0.29, 0.717) is 0 Å². The van der Waals surface area contributed by atoms with E-state index in [9.17, 15) is 0 Å². The van der Waals surface area contributed by atoms with E-state index in [1.807, 2.05) is 0 Å². The van der Waals surface area contributed by atoms with Crippen molar-refractivity contribution in [2.24, 2.45) is 0 Å². The number of quaternary nitrogens is 1. The highest BCUT2D eigenvalue weighted by Crippen LogP contribution is 2.39. The molecule has 0 heterocycles. The fourth-order valence-electron chi connectivity index (χ4n) is 4.10. The van der Waals surface area contributed by atoms with Gasteiger partial charge in [-0.15, -0.1) is 0 Å². The zero-order valence-electron chi connectivity index (χ0n) is 12.8. The highest BCUT2D eigenvalue weighted by Gasteiger charge is 2.31. The molecule has 0 amide bonds. The van der Waals surface area contributed by atoms with Gasteiger partial charge in [-0.25, -0.2) is 0 Å². The number of benzene rings is 1. The fourth-order valence-corrected chi connectivity index (χ4v) is 4.10. The molecule has 1 saturated carbocycles. The predicted molar refractivity (Wildman–Crippen MR) is 81.5 cm³/mol. The van der Waals surface area contributed by atoms with Crippen molar-refractivity contribution in [3.05, 3.63) is 34.9 Å². The molecule has 0 radical (unpaired) electrons. The average Bonchev–Trinajstić information content (AvgIpc) is 2.90. The van der Waals surface area contributed by atoms with Crippen molar-refractivity contribution in [3.63, 3.8) is 0 Å². The van der Waals surface area contributed by atoms with Gasteiger partial charge in [0.2, 0.25) is 0 Å². The smallest absolute Gasteiger partial charge is 0.0928 e. The van der Waals surface area contributed by atoms with E-state index in [-0.39, 0.29) is 0 Å². The molecule has 3 rings (SSSR count). The Morgan fingerprint density at radius 3 is 2.42 bits per heavy atom. The first-order valence-corrected chi connectivity index (χ1v) is 7.97. The molecule has 19 heavy (non-hydrogen) atoms. The summed E-state index contributed by atoms with van der Waals surface area (Å²) in [4.78, 5) is 0. The Morgan fingerprint density at radius 2 is 1.74 bits per heavy atom. The molecule has 2 aliphatic rings. The van der Waals surface area contributed by atoms with E-state index in [1.165, 1.54) is 44.9 Å². The van der Waals surface area contributed by atoms with Gasteiger partial charge in [-0.2, -0.15) is 0 Å². The number of rotatable bonds is 2. The second-order valence-corrected chi connectivity index (χ2v) is 7.48. The topological polar surface area (TPSA) is 0 Å². The van der Waals surface area contributed by atoms with Gasteiger partial charge >= 0.3 is 0 Å². The van der Waals surface area contributed by atoms with Gasteiger partial charge in [0.25, 0.3) is 0 Å². The molecule has 0 bridgehead atoms. The number of hydrogen-bond donors (Lipinski definition) is 0. The summed E-state index contributed by atoms with van der Waals surface area (Å²) in [6, 6.07) is 7.91. The summed E-state index contributed by atoms with van der Waals surface area (Å²) >= 11 is 0. The van der Waals surface area contributed by atoms with E-state index in [4.69, 9.17) is 0 Å². The Labute approximate surface area is 118 Å². The Morgan fingerprint density at radius 1 is 1.00 bits per heavy atom. The minimum Gasteiger partial charge on any atom is -0.328 e. The largest absolute Gasteiger partial charge is 0.328 e. The van der Waals surface area contributed by atoms with E-state index >= 15 is 0 Å². The minimum absolute atomic E-state index is 0.798. The molecule has 0 N–H and O–H groups in total. The third-order valence-corrected chi connectivity index (χ3v) is 5.38. The molecular formula is C18H28N+. The van der Waals surface area contributed by atoms with Crippen molar-refractivity contribution in [3.8, 4) is 0 Å². The molecule has 0 aromatic heterocycles. The predicted octanol–water partition coefficient (Wildman–Crippen LogP) is 3.91. The van der Waals surface area contributed by atoms with E-state index in [1.54, 1.807) is 16.7 Å². The summed E-state index contributed by atoms with van der Waals surface area (Å²) in [6.45, 7) is 0. The molecule has 2 aliphatic carbocycles. The molecule has 1 nitrogen and oxygen atoms in total. The van der Waals surface area contributed by atoms with Crippen LogP contribution in [0.2, 0.25) is 0 Å². The first-order valence-electron chi connectivity index (χ1n) is 7.97. The molecule has 0 aliphatic heterocycles. The van der Waals surface area contributed by atoms with Crippen LogP contribution in [0.3, 0.4) is 0 Å². The lowest BCUT2D eigenvalue weighted by atomic mass is 9.80. The first-order chi connectivity index (χ1) is 9.05. The van der Waals surface area contributed by atoms with Crippen LogP contribution in [0.1, 0.15) is 54.7 Å². The maximum Gasteiger partial charge on any atom is 0.0928 e. The number of likely N-dealkylation sites (N-methyl/N-ethyl adjacent to an activating group) is 1. The molecular weight excluding hydrogens is 230 g/mol. The Kier molecular flexibility index (Phi) is 3.42. The van der Waals surface area contributed by atoms with Crippen LogP contribution in [0.4, 0.5) is 0 Å². The zero-order valence-corrected chi connectivity index (χ0v) is 12.8. The highest BCUT2D eigenvalue weighted by atomic mass is 15.3. The molecule has 0 spiro atoms. The van der Waals surface area contributed by atoms with Crippen LogP contribution >= 0.6 is 0 Å². The van der Waals surface area contributed by atoms with Crippen molar-refractivity contribution >= 4 is 0 Å². The minimum atomic E-state index is 0.798. The summed E-state index contributed by atoms with van der Waals surface area (Å²) in [5.41, 5.74) is 5.07. The van der Waals surface area contributed by atoms with Crippen LogP contribution < -0.4 is 0 Å². The summed E-state index contributed by atoms with van der Waals surface area (Å²) in [5, 5.41) is 0. The second kappa shape index (κ2) is 4.94. The van der Waals surface area contributed by atoms with Gasteiger partial charge in [-0.05, 0) is 41.9 Å². The van der Waals surface area contributed by atoms with Gasteiger partial charge in [0, 0.05) is 12.8 Å². The average molecular weight is 258 g/mol. The van der Waals surface area contributed by atoms with E-state index in [2.05, 4.69) is 39.3 Å². The lowest BCUT2D eigenvalue weighted by molar-refractivity contribution is -0.896. The molecule has 1 fully saturated rings. The maximum atomic E-state index is 2.42.